The summed E-state index contributed by atoms with van der Waals surface area (Å²) in [6.07, 6.45) is -4.44. The molecule has 2 fully saturated rings. The molecule has 2 saturated carbocycles. The Morgan fingerprint density at radius 2 is 1.70 bits per heavy atom. The van der Waals surface area contributed by atoms with Crippen LogP contribution < -0.4 is 15.4 Å². The van der Waals surface area contributed by atoms with Crippen molar-refractivity contribution in [3.8, 4) is 5.75 Å². The fourth-order valence-electron chi connectivity index (χ4n) is 4.66. The number of carbonyl (C=O) groups excluding carboxylic acids is 2. The van der Waals surface area contributed by atoms with E-state index in [1.165, 1.54) is 0 Å². The lowest BCUT2D eigenvalue weighted by Gasteiger charge is -2.37. The number of amides is 2. The Balaban J connectivity index is 1.19. The van der Waals surface area contributed by atoms with E-state index in [9.17, 15) is 27.9 Å². The minimum absolute atomic E-state index is 0.109. The Kier molecular flexibility index (Phi) is 7.07. The van der Waals surface area contributed by atoms with Crippen LogP contribution in [-0.2, 0) is 14.3 Å². The predicted molar refractivity (Wildman–Crippen MR) is 111 cm³/mol. The standard InChI is InChI=1S/C22H26ClF3N2O5/c23-12-3-6-18-16(7-12)17(29)10-19(32-18)21(31)27-13-4-1-11(2-5-13)20(30)28-14-8-15(9-14)33-22(24,25)26/h3,6-7,11,13-15,17,19,29H,1-2,4-5,8-10H2,(H,27,31)(H,28,30)/t11-,13-,14-,15+,17-,19-/m1/s1. The van der Waals surface area contributed by atoms with Crippen LogP contribution in [0.4, 0.5) is 13.2 Å². The zero-order valence-corrected chi connectivity index (χ0v) is 18.5. The van der Waals surface area contributed by atoms with E-state index in [-0.39, 0.29) is 49.1 Å². The van der Waals surface area contributed by atoms with E-state index in [1.807, 2.05) is 0 Å². The van der Waals surface area contributed by atoms with Crippen molar-refractivity contribution in [3.63, 3.8) is 0 Å². The Morgan fingerprint density at radius 3 is 2.36 bits per heavy atom. The molecule has 11 heteroatoms. The van der Waals surface area contributed by atoms with Crippen LogP contribution in [0.5, 0.6) is 5.75 Å². The number of halogens is 4. The summed E-state index contributed by atoms with van der Waals surface area (Å²) in [4.78, 5) is 25.1. The molecule has 0 aromatic heterocycles. The highest BCUT2D eigenvalue weighted by Crippen LogP contribution is 2.37. The molecule has 2 amide bonds. The van der Waals surface area contributed by atoms with Gasteiger partial charge in [-0.2, -0.15) is 0 Å². The number of ether oxygens (including phenoxy) is 2. The number of hydrogen-bond donors (Lipinski definition) is 3. The number of benzene rings is 1. The highest BCUT2D eigenvalue weighted by atomic mass is 35.5. The van der Waals surface area contributed by atoms with Crippen molar-refractivity contribution < 1.29 is 37.3 Å². The Hall–Kier alpha value is -2.04. The van der Waals surface area contributed by atoms with E-state index in [2.05, 4.69) is 15.4 Å². The third-order valence-corrected chi connectivity index (χ3v) is 6.75. The van der Waals surface area contributed by atoms with Crippen molar-refractivity contribution in [3.05, 3.63) is 28.8 Å². The van der Waals surface area contributed by atoms with Crippen LogP contribution in [0.2, 0.25) is 5.02 Å². The number of carbonyl (C=O) groups is 2. The van der Waals surface area contributed by atoms with Gasteiger partial charge in [-0.15, -0.1) is 13.2 Å². The highest BCUT2D eigenvalue weighted by molar-refractivity contribution is 6.30. The van der Waals surface area contributed by atoms with Gasteiger partial charge >= 0.3 is 6.36 Å². The Bertz CT molecular complexity index is 885. The van der Waals surface area contributed by atoms with Crippen LogP contribution >= 0.6 is 11.6 Å². The third kappa shape index (κ3) is 6.10. The normalized spacial score (nSPS) is 31.5. The van der Waals surface area contributed by atoms with E-state index in [0.29, 0.717) is 42.0 Å². The maximum Gasteiger partial charge on any atom is 0.522 e. The maximum absolute atomic E-state index is 12.7. The molecule has 3 aliphatic rings. The van der Waals surface area contributed by atoms with Crippen molar-refractivity contribution >= 4 is 23.4 Å². The first-order valence-corrected chi connectivity index (χ1v) is 11.4. The van der Waals surface area contributed by atoms with Crippen LogP contribution in [0, 0.1) is 5.92 Å². The molecular formula is C22H26ClF3N2O5. The molecule has 0 radical (unpaired) electrons. The average molecular weight is 491 g/mol. The Labute approximate surface area is 193 Å². The lowest BCUT2D eigenvalue weighted by molar-refractivity contribution is -0.351. The average Bonchev–Trinajstić information content (AvgIpc) is 2.72. The van der Waals surface area contributed by atoms with E-state index in [4.69, 9.17) is 16.3 Å². The van der Waals surface area contributed by atoms with E-state index >= 15 is 0 Å². The number of rotatable bonds is 5. The van der Waals surface area contributed by atoms with Gasteiger partial charge in [-0.05, 0) is 56.7 Å². The third-order valence-electron chi connectivity index (χ3n) is 6.52. The van der Waals surface area contributed by atoms with Crippen LogP contribution in [-0.4, -0.2) is 47.6 Å². The summed E-state index contributed by atoms with van der Waals surface area (Å²) < 4.78 is 46.2. The van der Waals surface area contributed by atoms with E-state index in [1.54, 1.807) is 18.2 Å². The van der Waals surface area contributed by atoms with Crippen molar-refractivity contribution in [2.75, 3.05) is 0 Å². The number of aliphatic hydroxyl groups excluding tert-OH is 1. The van der Waals surface area contributed by atoms with Gasteiger partial charge in [-0.1, -0.05) is 11.6 Å². The smallest absolute Gasteiger partial charge is 0.480 e. The lowest BCUT2D eigenvalue weighted by atomic mass is 9.83. The topological polar surface area (TPSA) is 96.9 Å². The predicted octanol–water partition coefficient (Wildman–Crippen LogP) is 3.38. The zero-order chi connectivity index (χ0) is 23.8. The molecule has 0 spiro atoms. The minimum atomic E-state index is -4.65. The molecule has 7 nitrogen and oxygen atoms in total. The van der Waals surface area contributed by atoms with Crippen LogP contribution in [0.1, 0.15) is 56.6 Å². The number of nitrogens with one attached hydrogen (secondary N) is 2. The Morgan fingerprint density at radius 1 is 1.03 bits per heavy atom. The van der Waals surface area contributed by atoms with Gasteiger partial charge in [0.1, 0.15) is 5.75 Å². The molecule has 0 saturated heterocycles. The maximum atomic E-state index is 12.7. The van der Waals surface area contributed by atoms with Gasteiger partial charge in [0.2, 0.25) is 5.91 Å². The summed E-state index contributed by atoms with van der Waals surface area (Å²) in [6.45, 7) is 0. The largest absolute Gasteiger partial charge is 0.522 e. The summed E-state index contributed by atoms with van der Waals surface area (Å²) in [5, 5.41) is 16.6. The molecule has 182 valence electrons. The lowest BCUT2D eigenvalue weighted by Crippen LogP contribution is -2.51. The summed E-state index contributed by atoms with van der Waals surface area (Å²) in [6, 6.07) is 4.48. The number of aliphatic hydroxyl groups is 1. The van der Waals surface area contributed by atoms with Crippen LogP contribution in [0.15, 0.2) is 18.2 Å². The molecule has 1 heterocycles. The van der Waals surface area contributed by atoms with Gasteiger partial charge < -0.3 is 20.5 Å². The molecule has 3 N–H and O–H groups in total. The number of hydrogen-bond acceptors (Lipinski definition) is 5. The fraction of sp³-hybridized carbons (Fsp3) is 0.636. The second kappa shape index (κ2) is 9.68. The van der Waals surface area contributed by atoms with Gasteiger partial charge in [0.25, 0.3) is 5.91 Å². The number of fused-ring (bicyclic) bond motifs is 1. The summed E-state index contributed by atoms with van der Waals surface area (Å²) in [5.41, 5.74) is 0.556. The van der Waals surface area contributed by atoms with Gasteiger partial charge in [0.05, 0.1) is 12.2 Å². The molecule has 1 aromatic rings. The second-order valence-corrected chi connectivity index (χ2v) is 9.40. The van der Waals surface area contributed by atoms with Gasteiger partial charge in [-0.25, -0.2) is 0 Å². The van der Waals surface area contributed by atoms with Gasteiger partial charge in [0, 0.05) is 35.0 Å². The zero-order valence-electron chi connectivity index (χ0n) is 17.7. The first-order chi connectivity index (χ1) is 15.6. The number of alkyl halides is 3. The molecule has 2 atom stereocenters. The van der Waals surface area contributed by atoms with Crippen molar-refractivity contribution in [2.45, 2.75) is 81.7 Å². The molecule has 33 heavy (non-hydrogen) atoms. The fourth-order valence-corrected chi connectivity index (χ4v) is 4.84. The molecule has 0 bridgehead atoms. The highest BCUT2D eigenvalue weighted by Gasteiger charge is 2.41. The van der Waals surface area contributed by atoms with E-state index in [0.717, 1.165) is 0 Å². The second-order valence-electron chi connectivity index (χ2n) is 8.96. The first-order valence-electron chi connectivity index (χ1n) is 11.1. The van der Waals surface area contributed by atoms with Crippen LogP contribution in [0.3, 0.4) is 0 Å². The molecule has 1 aliphatic heterocycles. The molecule has 2 aliphatic carbocycles. The summed E-state index contributed by atoms with van der Waals surface area (Å²) in [7, 11) is 0. The summed E-state index contributed by atoms with van der Waals surface area (Å²) in [5.74, 6) is -0.278. The molecule has 4 rings (SSSR count). The van der Waals surface area contributed by atoms with Gasteiger partial charge in [0.15, 0.2) is 6.10 Å². The molecule has 0 unspecified atom stereocenters. The first kappa shape index (κ1) is 24.1. The van der Waals surface area contributed by atoms with E-state index < -0.39 is 24.7 Å². The minimum Gasteiger partial charge on any atom is -0.480 e. The monoisotopic (exact) mass is 490 g/mol. The van der Waals surface area contributed by atoms with Crippen molar-refractivity contribution in [1.29, 1.82) is 0 Å². The quantitative estimate of drug-likeness (QED) is 0.588. The van der Waals surface area contributed by atoms with Crippen LogP contribution in [0.25, 0.3) is 0 Å². The van der Waals surface area contributed by atoms with Crippen molar-refractivity contribution in [2.24, 2.45) is 5.92 Å². The van der Waals surface area contributed by atoms with Gasteiger partial charge in [-0.3, -0.25) is 14.3 Å². The van der Waals surface area contributed by atoms with Crippen molar-refractivity contribution in [1.82, 2.24) is 10.6 Å². The molecular weight excluding hydrogens is 465 g/mol. The molecule has 1 aromatic carbocycles. The summed E-state index contributed by atoms with van der Waals surface area (Å²) >= 11 is 5.95. The SMILES string of the molecule is O=C(N[C@H]1CC[C@H](C(=O)N[C@H]2C[C@@H](OC(F)(F)F)C2)CC1)[C@H]1C[C@@H](O)c2cc(Cl)ccc2O1.